The lowest BCUT2D eigenvalue weighted by Gasteiger charge is -2.17. The minimum Gasteiger partial charge on any atom is -0.488 e. The number of ether oxygens (including phenoxy) is 1. The molecule has 120 valence electrons. The first-order valence-electron chi connectivity index (χ1n) is 7.81. The van der Waals surface area contributed by atoms with Crippen LogP contribution in [0.2, 0.25) is 0 Å². The van der Waals surface area contributed by atoms with Crippen molar-refractivity contribution in [3.8, 4) is 17.0 Å². The smallest absolute Gasteiger partial charge is 0.274 e. The number of amides is 1. The number of H-pyrrole nitrogens is 1. The largest absolute Gasteiger partial charge is 0.488 e. The molecular weight excluding hydrogens is 302 g/mol. The molecule has 0 unspecified atom stereocenters. The maximum absolute atomic E-state index is 12.6. The average molecular weight is 319 g/mol. The van der Waals surface area contributed by atoms with Gasteiger partial charge in [-0.1, -0.05) is 18.2 Å². The third-order valence-corrected chi connectivity index (χ3v) is 4.37. The molecule has 1 aliphatic rings. The number of aromatic amines is 1. The standard InChI is InChI=1S/C19H17N3O2/c1-11-7-8-13(9-12(11)2)20-19(23)18-15-10-24-16-6-4-3-5-14(16)17(15)21-22-18/h3-9H,10H2,1-2H3,(H,20,23)(H,21,22). The van der Waals surface area contributed by atoms with Gasteiger partial charge in [0.25, 0.3) is 5.91 Å². The average Bonchev–Trinajstić information content (AvgIpc) is 3.03. The lowest BCUT2D eigenvalue weighted by atomic mass is 10.0. The van der Waals surface area contributed by atoms with E-state index in [0.717, 1.165) is 33.8 Å². The normalized spacial score (nSPS) is 12.1. The van der Waals surface area contributed by atoms with Gasteiger partial charge < -0.3 is 10.1 Å². The lowest BCUT2D eigenvalue weighted by molar-refractivity contribution is 0.102. The Balaban J connectivity index is 1.65. The van der Waals surface area contributed by atoms with Crippen molar-refractivity contribution in [2.75, 3.05) is 5.32 Å². The van der Waals surface area contributed by atoms with Gasteiger partial charge in [-0.2, -0.15) is 5.10 Å². The van der Waals surface area contributed by atoms with E-state index in [1.54, 1.807) is 0 Å². The van der Waals surface area contributed by atoms with Crippen LogP contribution in [0.1, 0.15) is 27.2 Å². The zero-order valence-electron chi connectivity index (χ0n) is 13.5. The van der Waals surface area contributed by atoms with Gasteiger partial charge >= 0.3 is 0 Å². The number of carbonyl (C=O) groups excluding carboxylic acids is 1. The first-order valence-corrected chi connectivity index (χ1v) is 7.81. The fourth-order valence-corrected chi connectivity index (χ4v) is 2.87. The molecule has 1 amide bonds. The number of para-hydroxylation sites is 1. The Morgan fingerprint density at radius 2 is 2.00 bits per heavy atom. The molecule has 3 aromatic rings. The number of anilines is 1. The van der Waals surface area contributed by atoms with Gasteiger partial charge in [-0.05, 0) is 49.2 Å². The molecule has 2 heterocycles. The molecule has 0 radical (unpaired) electrons. The summed E-state index contributed by atoms with van der Waals surface area (Å²) in [6.45, 7) is 4.40. The summed E-state index contributed by atoms with van der Waals surface area (Å²) >= 11 is 0. The zero-order valence-corrected chi connectivity index (χ0v) is 13.5. The second kappa shape index (κ2) is 5.53. The van der Waals surface area contributed by atoms with E-state index in [4.69, 9.17) is 4.74 Å². The van der Waals surface area contributed by atoms with Gasteiger partial charge in [-0.25, -0.2) is 0 Å². The lowest BCUT2D eigenvalue weighted by Crippen LogP contribution is -2.16. The highest BCUT2D eigenvalue weighted by molar-refractivity contribution is 6.05. The molecule has 1 aromatic heterocycles. The van der Waals surface area contributed by atoms with E-state index in [0.29, 0.717) is 12.3 Å². The monoisotopic (exact) mass is 319 g/mol. The van der Waals surface area contributed by atoms with Crippen LogP contribution >= 0.6 is 0 Å². The van der Waals surface area contributed by atoms with E-state index >= 15 is 0 Å². The first kappa shape index (κ1) is 14.5. The third kappa shape index (κ3) is 2.34. The van der Waals surface area contributed by atoms with Gasteiger partial charge in [0, 0.05) is 16.8 Å². The Kier molecular flexibility index (Phi) is 3.34. The minimum absolute atomic E-state index is 0.213. The van der Waals surface area contributed by atoms with Crippen molar-refractivity contribution in [1.82, 2.24) is 10.2 Å². The van der Waals surface area contributed by atoms with Crippen molar-refractivity contribution in [1.29, 1.82) is 0 Å². The highest BCUT2D eigenvalue weighted by Gasteiger charge is 2.26. The van der Waals surface area contributed by atoms with Gasteiger partial charge in [-0.15, -0.1) is 0 Å². The molecule has 0 spiro atoms. The summed E-state index contributed by atoms with van der Waals surface area (Å²) in [7, 11) is 0. The molecule has 5 heteroatoms. The van der Waals surface area contributed by atoms with E-state index in [1.165, 1.54) is 5.56 Å². The van der Waals surface area contributed by atoms with Crippen LogP contribution in [0.15, 0.2) is 42.5 Å². The summed E-state index contributed by atoms with van der Waals surface area (Å²) in [4.78, 5) is 12.6. The quantitative estimate of drug-likeness (QED) is 0.754. The molecular formula is C19H17N3O2. The van der Waals surface area contributed by atoms with Gasteiger partial charge in [-0.3, -0.25) is 9.89 Å². The third-order valence-electron chi connectivity index (χ3n) is 4.37. The molecule has 0 fully saturated rings. The summed E-state index contributed by atoms with van der Waals surface area (Å²) in [5, 5.41) is 10.1. The molecule has 0 atom stereocenters. The number of rotatable bonds is 2. The second-order valence-electron chi connectivity index (χ2n) is 5.96. The van der Waals surface area contributed by atoms with E-state index < -0.39 is 0 Å². The van der Waals surface area contributed by atoms with Crippen LogP contribution in [-0.4, -0.2) is 16.1 Å². The van der Waals surface area contributed by atoms with Crippen LogP contribution in [0.5, 0.6) is 5.75 Å². The predicted molar refractivity (Wildman–Crippen MR) is 92.2 cm³/mol. The number of fused-ring (bicyclic) bond motifs is 3. The number of nitrogens with zero attached hydrogens (tertiary/aromatic N) is 1. The fourth-order valence-electron chi connectivity index (χ4n) is 2.87. The summed E-state index contributed by atoms with van der Waals surface area (Å²) in [6, 6.07) is 13.6. The minimum atomic E-state index is -0.213. The maximum atomic E-state index is 12.6. The second-order valence-corrected chi connectivity index (χ2v) is 5.96. The van der Waals surface area contributed by atoms with Crippen molar-refractivity contribution in [2.45, 2.75) is 20.5 Å². The molecule has 2 aromatic carbocycles. The highest BCUT2D eigenvalue weighted by Crippen LogP contribution is 2.37. The first-order chi connectivity index (χ1) is 11.6. The van der Waals surface area contributed by atoms with E-state index in [2.05, 4.69) is 15.5 Å². The van der Waals surface area contributed by atoms with Crippen molar-refractivity contribution in [3.05, 3.63) is 64.8 Å². The fraction of sp³-hybridized carbons (Fsp3) is 0.158. The van der Waals surface area contributed by atoms with E-state index in [9.17, 15) is 4.79 Å². The topological polar surface area (TPSA) is 67.0 Å². The summed E-state index contributed by atoms with van der Waals surface area (Å²) in [5.41, 5.74) is 6.01. The number of hydrogen-bond acceptors (Lipinski definition) is 3. The summed E-state index contributed by atoms with van der Waals surface area (Å²) < 4.78 is 5.74. The van der Waals surface area contributed by atoms with Gasteiger partial charge in [0.1, 0.15) is 23.7 Å². The van der Waals surface area contributed by atoms with Gasteiger partial charge in [0.05, 0.1) is 0 Å². The predicted octanol–water partition coefficient (Wildman–Crippen LogP) is 3.84. The Hall–Kier alpha value is -3.08. The van der Waals surface area contributed by atoms with E-state index in [-0.39, 0.29) is 5.91 Å². The Morgan fingerprint density at radius 3 is 2.83 bits per heavy atom. The van der Waals surface area contributed by atoms with Crippen LogP contribution in [0, 0.1) is 13.8 Å². The van der Waals surface area contributed by atoms with Gasteiger partial charge in [0.2, 0.25) is 0 Å². The molecule has 0 bridgehead atoms. The Labute approximate surface area is 139 Å². The zero-order chi connectivity index (χ0) is 16.7. The number of aromatic nitrogens is 2. The van der Waals surface area contributed by atoms with Crippen molar-refractivity contribution in [2.24, 2.45) is 0 Å². The van der Waals surface area contributed by atoms with Crippen LogP contribution in [0.3, 0.4) is 0 Å². The van der Waals surface area contributed by atoms with Crippen LogP contribution < -0.4 is 10.1 Å². The van der Waals surface area contributed by atoms with Crippen LogP contribution in [0.25, 0.3) is 11.3 Å². The molecule has 1 aliphatic heterocycles. The molecule has 4 rings (SSSR count). The van der Waals surface area contributed by atoms with Crippen LogP contribution in [-0.2, 0) is 6.61 Å². The number of hydrogen-bond donors (Lipinski definition) is 2. The number of carbonyl (C=O) groups is 1. The molecule has 0 saturated heterocycles. The SMILES string of the molecule is Cc1ccc(NC(=O)c2[nH]nc3c2COc2ccccc2-3)cc1C. The summed E-state index contributed by atoms with van der Waals surface area (Å²) in [5.74, 6) is 0.576. The maximum Gasteiger partial charge on any atom is 0.274 e. The highest BCUT2D eigenvalue weighted by atomic mass is 16.5. The Bertz CT molecular complexity index is 944. The number of aryl methyl sites for hydroxylation is 2. The molecule has 0 saturated carbocycles. The van der Waals surface area contributed by atoms with Crippen LogP contribution in [0.4, 0.5) is 5.69 Å². The number of nitrogens with one attached hydrogen (secondary N) is 2. The van der Waals surface area contributed by atoms with Crippen molar-refractivity contribution >= 4 is 11.6 Å². The van der Waals surface area contributed by atoms with Crippen molar-refractivity contribution < 1.29 is 9.53 Å². The molecule has 24 heavy (non-hydrogen) atoms. The number of benzene rings is 2. The van der Waals surface area contributed by atoms with Gasteiger partial charge in [0.15, 0.2) is 0 Å². The Morgan fingerprint density at radius 1 is 1.17 bits per heavy atom. The molecule has 5 nitrogen and oxygen atoms in total. The molecule has 0 aliphatic carbocycles. The summed E-state index contributed by atoms with van der Waals surface area (Å²) in [6.07, 6.45) is 0. The molecule has 2 N–H and O–H groups in total. The van der Waals surface area contributed by atoms with Crippen molar-refractivity contribution in [3.63, 3.8) is 0 Å². The van der Waals surface area contributed by atoms with E-state index in [1.807, 2.05) is 56.3 Å².